The van der Waals surface area contributed by atoms with Crippen LogP contribution in [0.1, 0.15) is 43.0 Å². The number of carbonyl (C=O) groups is 1. The molecular formula is C18H26ClN3O3S. The minimum absolute atomic E-state index is 0.0645. The smallest absolute Gasteiger partial charge is 0.255 e. The predicted octanol–water partition coefficient (Wildman–Crippen LogP) is 2.70. The zero-order valence-electron chi connectivity index (χ0n) is 15.1. The number of rotatable bonds is 5. The molecule has 1 aromatic heterocycles. The van der Waals surface area contributed by atoms with E-state index in [9.17, 15) is 9.00 Å². The second kappa shape index (κ2) is 9.15. The largest absolute Gasteiger partial charge is 0.378 e. The summed E-state index contributed by atoms with van der Waals surface area (Å²) in [5.74, 6) is 1.23. The fraction of sp³-hybridized carbons (Fsp3) is 0.667. The van der Waals surface area contributed by atoms with Crippen LogP contribution in [-0.4, -0.2) is 63.3 Å². The molecule has 1 aromatic rings. The summed E-state index contributed by atoms with van der Waals surface area (Å²) < 4.78 is 17.4. The molecule has 1 aliphatic carbocycles. The summed E-state index contributed by atoms with van der Waals surface area (Å²) in [6, 6.07) is 1.90. The monoisotopic (exact) mass is 399 g/mol. The highest BCUT2D eigenvalue weighted by atomic mass is 35.5. The van der Waals surface area contributed by atoms with Gasteiger partial charge in [0, 0.05) is 47.1 Å². The van der Waals surface area contributed by atoms with E-state index in [0.29, 0.717) is 48.5 Å². The maximum absolute atomic E-state index is 12.5. The number of anilines is 1. The summed E-state index contributed by atoms with van der Waals surface area (Å²) in [5, 5.41) is 4.07. The normalized spacial score (nSPS) is 24.9. The Morgan fingerprint density at radius 2 is 2.19 bits per heavy atom. The van der Waals surface area contributed by atoms with Crippen LogP contribution in [0.15, 0.2) is 12.3 Å². The maximum Gasteiger partial charge on any atom is 0.255 e. The molecule has 1 N–H and O–H groups in total. The molecule has 6 nitrogen and oxygen atoms in total. The number of ether oxygens (including phenoxy) is 1. The van der Waals surface area contributed by atoms with Gasteiger partial charge in [-0.3, -0.25) is 9.00 Å². The van der Waals surface area contributed by atoms with Crippen LogP contribution in [0.5, 0.6) is 0 Å². The van der Waals surface area contributed by atoms with Crippen molar-refractivity contribution in [1.82, 2.24) is 9.88 Å². The zero-order valence-corrected chi connectivity index (χ0v) is 16.7. The molecule has 144 valence electrons. The van der Waals surface area contributed by atoms with Crippen LogP contribution in [0.2, 0.25) is 5.02 Å². The van der Waals surface area contributed by atoms with Crippen LogP contribution >= 0.6 is 11.6 Å². The second-order valence-corrected chi connectivity index (χ2v) is 9.17. The van der Waals surface area contributed by atoms with Crippen molar-refractivity contribution in [2.24, 2.45) is 0 Å². The lowest BCUT2D eigenvalue weighted by molar-refractivity contribution is 0.0302. The predicted molar refractivity (Wildman–Crippen MR) is 104 cm³/mol. The summed E-state index contributed by atoms with van der Waals surface area (Å²) in [4.78, 5) is 18.7. The van der Waals surface area contributed by atoms with Gasteiger partial charge in [-0.05, 0) is 25.3 Å². The highest BCUT2D eigenvalue weighted by molar-refractivity contribution is 7.85. The fourth-order valence-corrected chi connectivity index (χ4v) is 5.12. The number of pyridine rings is 1. The number of aromatic nitrogens is 1. The summed E-state index contributed by atoms with van der Waals surface area (Å²) in [6.45, 7) is 4.28. The average molecular weight is 400 g/mol. The van der Waals surface area contributed by atoms with Crippen LogP contribution in [0.25, 0.3) is 0 Å². The third-order valence-corrected chi connectivity index (χ3v) is 7.04. The first kappa shape index (κ1) is 19.6. The standard InChI is InChI=1S/C18H26ClN3O3S/c1-2-26(24)15-5-3-4-14(11-15)21-17-16(19)10-13(12-20-17)18(23)22-6-8-25-9-7-22/h10,12,14-15H,2-9,11H2,1H3,(H,20,21). The molecule has 8 heteroatoms. The van der Waals surface area contributed by atoms with E-state index >= 15 is 0 Å². The van der Waals surface area contributed by atoms with Crippen molar-refractivity contribution in [3.05, 3.63) is 22.8 Å². The van der Waals surface area contributed by atoms with Crippen LogP contribution < -0.4 is 5.32 Å². The van der Waals surface area contributed by atoms with Gasteiger partial charge in [0.25, 0.3) is 5.91 Å². The van der Waals surface area contributed by atoms with Crippen LogP contribution in [0, 0.1) is 0 Å². The second-order valence-electron chi connectivity index (χ2n) is 6.76. The molecule has 0 bridgehead atoms. The quantitative estimate of drug-likeness (QED) is 0.824. The van der Waals surface area contributed by atoms with E-state index in [0.717, 1.165) is 25.7 Å². The van der Waals surface area contributed by atoms with Gasteiger partial charge in [0.15, 0.2) is 0 Å². The molecule has 3 atom stereocenters. The van der Waals surface area contributed by atoms with Crippen molar-refractivity contribution in [2.75, 3.05) is 37.4 Å². The first-order valence-electron chi connectivity index (χ1n) is 9.24. The van der Waals surface area contributed by atoms with E-state index in [1.54, 1.807) is 17.2 Å². The Kier molecular flexibility index (Phi) is 6.89. The molecule has 3 rings (SSSR count). The zero-order chi connectivity index (χ0) is 18.5. The molecule has 2 heterocycles. The molecular weight excluding hydrogens is 374 g/mol. The molecule has 0 aromatic carbocycles. The van der Waals surface area contributed by atoms with Gasteiger partial charge in [0.05, 0.1) is 23.8 Å². The van der Waals surface area contributed by atoms with Gasteiger partial charge in [0.1, 0.15) is 5.82 Å². The molecule has 26 heavy (non-hydrogen) atoms. The number of amides is 1. The summed E-state index contributed by atoms with van der Waals surface area (Å²) in [7, 11) is -0.764. The number of halogens is 1. The van der Waals surface area contributed by atoms with Crippen LogP contribution in [-0.2, 0) is 15.5 Å². The number of morpholine rings is 1. The van der Waals surface area contributed by atoms with E-state index in [1.807, 2.05) is 6.92 Å². The number of hydrogen-bond acceptors (Lipinski definition) is 5. The lowest BCUT2D eigenvalue weighted by Gasteiger charge is -2.30. The first-order valence-corrected chi connectivity index (χ1v) is 11.0. The molecule has 0 spiro atoms. The molecule has 3 unspecified atom stereocenters. The van der Waals surface area contributed by atoms with Crippen LogP contribution in [0.3, 0.4) is 0 Å². The summed E-state index contributed by atoms with van der Waals surface area (Å²) >= 11 is 6.38. The Bertz CT molecular complexity index is 667. The summed E-state index contributed by atoms with van der Waals surface area (Å²) in [5.41, 5.74) is 0.496. The maximum atomic E-state index is 12.5. The van der Waals surface area contributed by atoms with Gasteiger partial charge in [-0.15, -0.1) is 0 Å². The first-order chi connectivity index (χ1) is 12.6. The lowest BCUT2D eigenvalue weighted by Crippen LogP contribution is -2.40. The highest BCUT2D eigenvalue weighted by Gasteiger charge is 2.26. The number of nitrogens with one attached hydrogen (secondary N) is 1. The van der Waals surface area contributed by atoms with Gasteiger partial charge < -0.3 is 15.0 Å². The van der Waals surface area contributed by atoms with E-state index in [-0.39, 0.29) is 17.2 Å². The Hall–Kier alpha value is -1.18. The van der Waals surface area contributed by atoms with E-state index in [2.05, 4.69) is 10.3 Å². The van der Waals surface area contributed by atoms with Gasteiger partial charge in [0.2, 0.25) is 0 Å². The molecule has 1 saturated carbocycles. The van der Waals surface area contributed by atoms with Gasteiger partial charge in [-0.2, -0.15) is 0 Å². The van der Waals surface area contributed by atoms with E-state index in [1.165, 1.54) is 0 Å². The van der Waals surface area contributed by atoms with Gasteiger partial charge >= 0.3 is 0 Å². The van der Waals surface area contributed by atoms with E-state index < -0.39 is 10.8 Å². The average Bonchev–Trinajstić information content (AvgIpc) is 2.69. The van der Waals surface area contributed by atoms with Gasteiger partial charge in [-0.1, -0.05) is 24.9 Å². The van der Waals surface area contributed by atoms with Crippen molar-refractivity contribution >= 4 is 34.1 Å². The molecule has 1 amide bonds. The Morgan fingerprint density at radius 3 is 2.88 bits per heavy atom. The molecule has 0 radical (unpaired) electrons. The lowest BCUT2D eigenvalue weighted by atomic mass is 9.95. The minimum Gasteiger partial charge on any atom is -0.378 e. The number of nitrogens with zero attached hydrogens (tertiary/aromatic N) is 2. The van der Waals surface area contributed by atoms with Crippen molar-refractivity contribution < 1.29 is 13.7 Å². The molecule has 2 aliphatic rings. The van der Waals surface area contributed by atoms with Crippen molar-refractivity contribution in [3.8, 4) is 0 Å². The van der Waals surface area contributed by atoms with E-state index in [4.69, 9.17) is 16.3 Å². The Labute approximate surface area is 162 Å². The van der Waals surface area contributed by atoms with Crippen molar-refractivity contribution in [1.29, 1.82) is 0 Å². The highest BCUT2D eigenvalue weighted by Crippen LogP contribution is 2.28. The topological polar surface area (TPSA) is 71.5 Å². The third-order valence-electron chi connectivity index (χ3n) is 5.01. The minimum atomic E-state index is -0.764. The molecule has 1 saturated heterocycles. The number of carbonyl (C=O) groups excluding carboxylic acids is 1. The Balaban J connectivity index is 1.64. The van der Waals surface area contributed by atoms with Gasteiger partial charge in [-0.25, -0.2) is 4.98 Å². The number of hydrogen-bond donors (Lipinski definition) is 1. The fourth-order valence-electron chi connectivity index (χ4n) is 3.55. The third kappa shape index (κ3) is 4.75. The SMILES string of the molecule is CCS(=O)C1CCCC(Nc2ncc(C(=O)N3CCOCC3)cc2Cl)C1. The molecule has 1 aliphatic heterocycles. The van der Waals surface area contributed by atoms with Crippen LogP contribution in [0.4, 0.5) is 5.82 Å². The molecule has 2 fully saturated rings. The van der Waals surface area contributed by atoms with Crippen molar-refractivity contribution in [3.63, 3.8) is 0 Å². The van der Waals surface area contributed by atoms with Crippen molar-refractivity contribution in [2.45, 2.75) is 43.9 Å². The Morgan fingerprint density at radius 1 is 1.42 bits per heavy atom. The summed E-state index contributed by atoms with van der Waals surface area (Å²) in [6.07, 6.45) is 5.54.